The molecule has 0 amide bonds. The van der Waals surface area contributed by atoms with Crippen LogP contribution in [0.4, 0.5) is 0 Å². The van der Waals surface area contributed by atoms with Gasteiger partial charge in [-0.1, -0.05) is 27.7 Å². The van der Waals surface area contributed by atoms with Gasteiger partial charge in [0.15, 0.2) is 12.2 Å². The summed E-state index contributed by atoms with van der Waals surface area (Å²) in [6.45, 7) is 10.9. The molecule has 0 N–H and O–H groups in total. The Morgan fingerprint density at radius 1 is 1.00 bits per heavy atom. The predicted octanol–water partition coefficient (Wildman–Crippen LogP) is 4.55. The highest BCUT2D eigenvalue weighted by molar-refractivity contribution is 5.84. The molecular weight excluding hydrogens is 400 g/mol. The number of fused-ring (bicyclic) bond motifs is 3. The number of benzene rings is 1. The molecule has 0 spiro atoms. The Kier molecular flexibility index (Phi) is 6.43. The van der Waals surface area contributed by atoms with Gasteiger partial charge in [0.05, 0.1) is 17.4 Å². The molecule has 0 fully saturated rings. The molecule has 4 unspecified atom stereocenters. The zero-order valence-corrected chi connectivity index (χ0v) is 18.9. The number of hydrogen-bond acceptors (Lipinski definition) is 7. The highest BCUT2D eigenvalue weighted by Gasteiger charge is 2.50. The predicted molar refractivity (Wildman–Crippen MR) is 115 cm³/mol. The van der Waals surface area contributed by atoms with Crippen LogP contribution in [0.25, 0.3) is 11.0 Å². The third-order valence-electron chi connectivity index (χ3n) is 5.92. The van der Waals surface area contributed by atoms with Crippen molar-refractivity contribution in [2.24, 2.45) is 11.8 Å². The Morgan fingerprint density at radius 2 is 1.58 bits per heavy atom. The zero-order chi connectivity index (χ0) is 22.9. The fourth-order valence-corrected chi connectivity index (χ4v) is 3.49. The molecule has 0 saturated heterocycles. The lowest BCUT2D eigenvalue weighted by atomic mass is 9.87. The summed E-state index contributed by atoms with van der Waals surface area (Å²) in [4.78, 5) is 37.4. The molecule has 7 heteroatoms. The van der Waals surface area contributed by atoms with Gasteiger partial charge in [-0.15, -0.1) is 0 Å². The van der Waals surface area contributed by atoms with Crippen molar-refractivity contribution in [3.05, 3.63) is 40.2 Å². The highest BCUT2D eigenvalue weighted by atomic mass is 16.6. The third kappa shape index (κ3) is 4.45. The minimum Gasteiger partial charge on any atom is -0.483 e. The number of hydrogen-bond donors (Lipinski definition) is 0. The minimum atomic E-state index is -0.987. The molecule has 168 valence electrons. The smallest absolute Gasteiger partial charge is 0.336 e. The largest absolute Gasteiger partial charge is 0.483 e. The van der Waals surface area contributed by atoms with Gasteiger partial charge in [0, 0.05) is 11.5 Å². The molecule has 2 aromatic rings. The molecule has 0 aliphatic carbocycles. The van der Waals surface area contributed by atoms with Crippen molar-refractivity contribution in [3.63, 3.8) is 0 Å². The van der Waals surface area contributed by atoms with Crippen molar-refractivity contribution in [3.8, 4) is 5.75 Å². The lowest BCUT2D eigenvalue weighted by Gasteiger charge is -2.43. The number of esters is 2. The summed E-state index contributed by atoms with van der Waals surface area (Å²) < 4.78 is 23.4. The van der Waals surface area contributed by atoms with E-state index in [4.69, 9.17) is 18.6 Å². The van der Waals surface area contributed by atoms with Gasteiger partial charge < -0.3 is 18.6 Å². The quantitative estimate of drug-likeness (QED) is 0.490. The van der Waals surface area contributed by atoms with E-state index in [9.17, 15) is 14.4 Å². The van der Waals surface area contributed by atoms with E-state index < -0.39 is 35.4 Å². The summed E-state index contributed by atoms with van der Waals surface area (Å²) in [5.41, 5.74) is -0.870. The Bertz CT molecular complexity index is 1040. The summed E-state index contributed by atoms with van der Waals surface area (Å²) in [5, 5.41) is 0.651. The second-order valence-corrected chi connectivity index (χ2v) is 8.69. The van der Waals surface area contributed by atoms with Crippen molar-refractivity contribution in [2.75, 3.05) is 0 Å². The van der Waals surface area contributed by atoms with Crippen molar-refractivity contribution < 1.29 is 28.2 Å². The lowest BCUT2D eigenvalue weighted by Crippen LogP contribution is -2.52. The van der Waals surface area contributed by atoms with Crippen LogP contribution in [0, 0.1) is 11.8 Å². The van der Waals surface area contributed by atoms with E-state index in [-0.39, 0.29) is 17.4 Å². The number of rotatable bonds is 6. The maximum atomic E-state index is 12.8. The van der Waals surface area contributed by atoms with Gasteiger partial charge in [-0.2, -0.15) is 0 Å². The first-order chi connectivity index (χ1) is 14.6. The molecule has 0 bridgehead atoms. The number of carbonyl (C=O) groups is 2. The van der Waals surface area contributed by atoms with Crippen LogP contribution < -0.4 is 10.4 Å². The highest BCUT2D eigenvalue weighted by Crippen LogP contribution is 2.46. The van der Waals surface area contributed by atoms with Crippen LogP contribution in [-0.4, -0.2) is 23.6 Å². The van der Waals surface area contributed by atoms with Crippen LogP contribution in [0.5, 0.6) is 5.75 Å². The lowest BCUT2D eigenvalue weighted by molar-refractivity contribution is -0.194. The van der Waals surface area contributed by atoms with E-state index >= 15 is 0 Å². The van der Waals surface area contributed by atoms with E-state index in [1.54, 1.807) is 45.9 Å². The van der Waals surface area contributed by atoms with Gasteiger partial charge in [-0.3, -0.25) is 9.59 Å². The third-order valence-corrected chi connectivity index (χ3v) is 5.92. The average molecular weight is 430 g/mol. The first-order valence-corrected chi connectivity index (χ1v) is 10.8. The monoisotopic (exact) mass is 430 g/mol. The topological polar surface area (TPSA) is 92.0 Å². The van der Waals surface area contributed by atoms with E-state index in [1.165, 1.54) is 6.07 Å². The Hall–Kier alpha value is -2.83. The van der Waals surface area contributed by atoms with Gasteiger partial charge in [-0.25, -0.2) is 4.79 Å². The molecule has 2 heterocycles. The summed E-state index contributed by atoms with van der Waals surface area (Å²) in [6.07, 6.45) is -0.702. The molecule has 1 aliphatic rings. The van der Waals surface area contributed by atoms with E-state index in [0.717, 1.165) is 0 Å². The molecule has 3 rings (SSSR count). The van der Waals surface area contributed by atoms with Crippen LogP contribution in [0.3, 0.4) is 0 Å². The van der Waals surface area contributed by atoms with Gasteiger partial charge in [0.25, 0.3) is 0 Å². The van der Waals surface area contributed by atoms with Gasteiger partial charge in [-0.05, 0) is 44.9 Å². The molecule has 1 aromatic carbocycles. The Labute approximate surface area is 181 Å². The Morgan fingerprint density at radius 3 is 2.19 bits per heavy atom. The molecule has 0 radical (unpaired) electrons. The van der Waals surface area contributed by atoms with E-state index in [0.29, 0.717) is 29.5 Å². The van der Waals surface area contributed by atoms with Crippen molar-refractivity contribution in [2.45, 2.75) is 72.2 Å². The second-order valence-electron chi connectivity index (χ2n) is 8.69. The van der Waals surface area contributed by atoms with Crippen LogP contribution in [0.1, 0.15) is 66.1 Å². The van der Waals surface area contributed by atoms with Crippen LogP contribution in [0.2, 0.25) is 0 Å². The second kappa shape index (κ2) is 8.73. The van der Waals surface area contributed by atoms with Gasteiger partial charge >= 0.3 is 17.6 Å². The molecule has 0 saturated carbocycles. The van der Waals surface area contributed by atoms with Crippen molar-refractivity contribution in [1.29, 1.82) is 0 Å². The standard InChI is InChI=1S/C24H30O7/c1-7-13(3)22(26)29-20-18-16(11-9-15-10-12-17(25)28-19(15)18)31-24(5,6)21(20)30-23(27)14(4)8-2/h9-14,20-21H,7-8H2,1-6H3. The normalized spacial score (nSPS) is 21.5. The fraction of sp³-hybridized carbons (Fsp3) is 0.542. The van der Waals surface area contributed by atoms with Crippen molar-refractivity contribution >= 4 is 22.9 Å². The molecule has 7 nitrogen and oxygen atoms in total. The average Bonchev–Trinajstić information content (AvgIpc) is 2.73. The number of carbonyl (C=O) groups excluding carboxylic acids is 2. The summed E-state index contributed by atoms with van der Waals surface area (Å²) in [5.74, 6) is -1.07. The molecule has 1 aromatic heterocycles. The fourth-order valence-electron chi connectivity index (χ4n) is 3.49. The van der Waals surface area contributed by atoms with Gasteiger partial charge in [0.1, 0.15) is 16.9 Å². The van der Waals surface area contributed by atoms with E-state index in [2.05, 4.69) is 0 Å². The molecular formula is C24H30O7. The molecule has 1 aliphatic heterocycles. The first-order valence-electron chi connectivity index (χ1n) is 10.8. The molecule has 31 heavy (non-hydrogen) atoms. The Balaban J connectivity index is 2.18. The summed E-state index contributed by atoms with van der Waals surface area (Å²) >= 11 is 0. The maximum Gasteiger partial charge on any atom is 0.336 e. The minimum absolute atomic E-state index is 0.257. The van der Waals surface area contributed by atoms with Crippen LogP contribution in [0.15, 0.2) is 33.5 Å². The zero-order valence-electron chi connectivity index (χ0n) is 18.9. The SMILES string of the molecule is CCC(C)C(=O)OC1c2c(ccc3ccc(=O)oc23)OC(C)(C)C1OC(=O)C(C)CC. The van der Waals surface area contributed by atoms with Crippen molar-refractivity contribution in [1.82, 2.24) is 0 Å². The van der Waals surface area contributed by atoms with E-state index in [1.807, 2.05) is 13.8 Å². The first kappa shape index (κ1) is 22.8. The number of ether oxygens (including phenoxy) is 3. The van der Waals surface area contributed by atoms with Crippen LogP contribution in [-0.2, 0) is 19.1 Å². The molecule has 4 atom stereocenters. The summed E-state index contributed by atoms with van der Waals surface area (Å²) in [7, 11) is 0. The van der Waals surface area contributed by atoms with Crippen LogP contribution >= 0.6 is 0 Å². The summed E-state index contributed by atoms with van der Waals surface area (Å²) in [6, 6.07) is 6.47. The maximum absolute atomic E-state index is 12.8. The van der Waals surface area contributed by atoms with Gasteiger partial charge in [0.2, 0.25) is 0 Å².